The average molecular weight is 289 g/mol. The molecule has 1 aliphatic rings. The standard InChI is InChI=1S/C16H19NO4/c1-21-14-6-2-4-12(10-14)7-8-15(18)17-9-3-5-13(11-17)16(19)20/h2,4,6-8,10,13H,3,5,9,11H2,1H3,(H,19,20)/b8-7+/t13-/m1/s1. The molecular formula is C16H19NO4. The van der Waals surface area contributed by atoms with Crippen LogP contribution in [0.15, 0.2) is 30.3 Å². The highest BCUT2D eigenvalue weighted by atomic mass is 16.5. The molecule has 2 rings (SSSR count). The smallest absolute Gasteiger partial charge is 0.308 e. The molecule has 1 aromatic carbocycles. The summed E-state index contributed by atoms with van der Waals surface area (Å²) in [6, 6.07) is 7.40. The number of nitrogens with zero attached hydrogens (tertiary/aromatic N) is 1. The number of carboxylic acid groups (broad SMARTS) is 1. The number of methoxy groups -OCH3 is 1. The number of rotatable bonds is 4. The van der Waals surface area contributed by atoms with Gasteiger partial charge in [0.2, 0.25) is 5.91 Å². The van der Waals surface area contributed by atoms with Crippen molar-refractivity contribution < 1.29 is 19.4 Å². The molecule has 1 atom stereocenters. The average Bonchev–Trinajstić information content (AvgIpc) is 2.53. The number of hydrogen-bond acceptors (Lipinski definition) is 3. The van der Waals surface area contributed by atoms with Crippen molar-refractivity contribution in [2.24, 2.45) is 5.92 Å². The molecule has 1 aromatic rings. The molecule has 1 heterocycles. The van der Waals surface area contributed by atoms with Crippen molar-refractivity contribution in [3.05, 3.63) is 35.9 Å². The van der Waals surface area contributed by atoms with E-state index in [4.69, 9.17) is 9.84 Å². The van der Waals surface area contributed by atoms with Gasteiger partial charge in [0, 0.05) is 19.2 Å². The van der Waals surface area contributed by atoms with Gasteiger partial charge < -0.3 is 14.7 Å². The second-order valence-corrected chi connectivity index (χ2v) is 5.07. The number of piperidine rings is 1. The van der Waals surface area contributed by atoms with Crippen molar-refractivity contribution in [2.45, 2.75) is 12.8 Å². The van der Waals surface area contributed by atoms with Gasteiger partial charge in [-0.1, -0.05) is 12.1 Å². The second-order valence-electron chi connectivity index (χ2n) is 5.07. The van der Waals surface area contributed by atoms with Gasteiger partial charge in [0.25, 0.3) is 0 Å². The molecule has 5 heteroatoms. The Morgan fingerprint density at radius 1 is 1.43 bits per heavy atom. The first-order valence-electron chi connectivity index (χ1n) is 6.94. The lowest BCUT2D eigenvalue weighted by atomic mass is 9.98. The number of carboxylic acids is 1. The van der Waals surface area contributed by atoms with Crippen molar-refractivity contribution in [1.29, 1.82) is 0 Å². The SMILES string of the molecule is COc1cccc(/C=C/C(=O)N2CCC[C@@H](C(=O)O)C2)c1. The Balaban J connectivity index is 1.99. The Labute approximate surface area is 123 Å². The zero-order valence-corrected chi connectivity index (χ0v) is 12.0. The van der Waals surface area contributed by atoms with Crippen LogP contribution in [0.4, 0.5) is 0 Å². The first-order valence-corrected chi connectivity index (χ1v) is 6.94. The number of ether oxygens (including phenoxy) is 1. The summed E-state index contributed by atoms with van der Waals surface area (Å²) in [6.45, 7) is 0.904. The van der Waals surface area contributed by atoms with E-state index in [1.165, 1.54) is 6.08 Å². The van der Waals surface area contributed by atoms with Gasteiger partial charge in [0.15, 0.2) is 0 Å². The number of aliphatic carboxylic acids is 1. The Hall–Kier alpha value is -2.30. The summed E-state index contributed by atoms with van der Waals surface area (Å²) in [4.78, 5) is 24.7. The van der Waals surface area contributed by atoms with Gasteiger partial charge in [0.1, 0.15) is 5.75 Å². The molecule has 1 fully saturated rings. The van der Waals surface area contributed by atoms with Crippen LogP contribution in [-0.2, 0) is 9.59 Å². The van der Waals surface area contributed by atoms with Crippen molar-refractivity contribution >= 4 is 18.0 Å². The summed E-state index contributed by atoms with van der Waals surface area (Å²) in [5.41, 5.74) is 0.870. The van der Waals surface area contributed by atoms with Crippen molar-refractivity contribution in [3.63, 3.8) is 0 Å². The molecule has 0 aromatic heterocycles. The van der Waals surface area contributed by atoms with Crippen LogP contribution in [0, 0.1) is 5.92 Å². The topological polar surface area (TPSA) is 66.8 Å². The van der Waals surface area contributed by atoms with Crippen molar-refractivity contribution in [1.82, 2.24) is 4.90 Å². The van der Waals surface area contributed by atoms with Crippen LogP contribution in [0.5, 0.6) is 5.75 Å². The number of likely N-dealkylation sites (tertiary alicyclic amines) is 1. The molecule has 0 bridgehead atoms. The zero-order valence-electron chi connectivity index (χ0n) is 12.0. The second kappa shape index (κ2) is 6.92. The molecule has 0 radical (unpaired) electrons. The van der Waals surface area contributed by atoms with Gasteiger partial charge in [0.05, 0.1) is 13.0 Å². The number of carbonyl (C=O) groups excluding carboxylic acids is 1. The third-order valence-electron chi connectivity index (χ3n) is 3.59. The van der Waals surface area contributed by atoms with E-state index in [1.807, 2.05) is 24.3 Å². The number of carbonyl (C=O) groups is 2. The van der Waals surface area contributed by atoms with Gasteiger partial charge >= 0.3 is 5.97 Å². The van der Waals surface area contributed by atoms with Crippen LogP contribution in [0.2, 0.25) is 0 Å². The quantitative estimate of drug-likeness (QED) is 0.861. The molecule has 5 nitrogen and oxygen atoms in total. The zero-order chi connectivity index (χ0) is 15.2. The highest BCUT2D eigenvalue weighted by molar-refractivity contribution is 5.92. The van der Waals surface area contributed by atoms with E-state index in [0.29, 0.717) is 13.0 Å². The third-order valence-corrected chi connectivity index (χ3v) is 3.59. The van der Waals surface area contributed by atoms with Gasteiger partial charge in [-0.3, -0.25) is 9.59 Å². The molecular weight excluding hydrogens is 270 g/mol. The maximum Gasteiger partial charge on any atom is 0.308 e. The molecule has 1 aliphatic heterocycles. The maximum atomic E-state index is 12.1. The van der Waals surface area contributed by atoms with Crippen LogP contribution in [0.25, 0.3) is 6.08 Å². The highest BCUT2D eigenvalue weighted by Crippen LogP contribution is 2.18. The van der Waals surface area contributed by atoms with E-state index in [2.05, 4.69) is 0 Å². The fraction of sp³-hybridized carbons (Fsp3) is 0.375. The summed E-state index contributed by atoms with van der Waals surface area (Å²) in [6.07, 6.45) is 4.57. The summed E-state index contributed by atoms with van der Waals surface area (Å²) < 4.78 is 5.12. The van der Waals surface area contributed by atoms with E-state index in [1.54, 1.807) is 18.1 Å². The fourth-order valence-corrected chi connectivity index (χ4v) is 2.40. The van der Waals surface area contributed by atoms with Gasteiger partial charge in [-0.25, -0.2) is 0 Å². The third kappa shape index (κ3) is 4.08. The lowest BCUT2D eigenvalue weighted by Crippen LogP contribution is -2.41. The lowest BCUT2D eigenvalue weighted by molar-refractivity contribution is -0.144. The Morgan fingerprint density at radius 2 is 2.24 bits per heavy atom. The summed E-state index contributed by atoms with van der Waals surface area (Å²) >= 11 is 0. The van der Waals surface area contributed by atoms with Crippen molar-refractivity contribution in [3.8, 4) is 5.75 Å². The predicted octanol–water partition coefficient (Wildman–Crippen LogP) is 2.03. The first kappa shape index (κ1) is 15.1. The normalized spacial score (nSPS) is 18.7. The largest absolute Gasteiger partial charge is 0.497 e. The summed E-state index contributed by atoms with van der Waals surface area (Å²) in [5, 5.41) is 9.03. The summed E-state index contributed by atoms with van der Waals surface area (Å²) in [7, 11) is 1.59. The van der Waals surface area contributed by atoms with Gasteiger partial charge in [-0.15, -0.1) is 0 Å². The minimum absolute atomic E-state index is 0.149. The van der Waals surface area contributed by atoms with Crippen LogP contribution >= 0.6 is 0 Å². The molecule has 0 aliphatic carbocycles. The van der Waals surface area contributed by atoms with Crippen LogP contribution in [0.3, 0.4) is 0 Å². The molecule has 1 amide bonds. The summed E-state index contributed by atoms with van der Waals surface area (Å²) in [5.74, 6) is -0.700. The first-order chi connectivity index (χ1) is 10.1. The Morgan fingerprint density at radius 3 is 2.95 bits per heavy atom. The number of benzene rings is 1. The molecule has 1 N–H and O–H groups in total. The highest BCUT2D eigenvalue weighted by Gasteiger charge is 2.26. The van der Waals surface area contributed by atoms with E-state index in [-0.39, 0.29) is 12.5 Å². The Bertz CT molecular complexity index is 553. The van der Waals surface area contributed by atoms with Gasteiger partial charge in [-0.05, 0) is 36.6 Å². The maximum absolute atomic E-state index is 12.1. The minimum Gasteiger partial charge on any atom is -0.497 e. The monoisotopic (exact) mass is 289 g/mol. The van der Waals surface area contributed by atoms with Crippen LogP contribution in [-0.4, -0.2) is 42.1 Å². The predicted molar refractivity (Wildman–Crippen MR) is 79.0 cm³/mol. The Kier molecular flexibility index (Phi) is 4.98. The van der Waals surface area contributed by atoms with Crippen LogP contribution in [0.1, 0.15) is 18.4 Å². The van der Waals surface area contributed by atoms with E-state index < -0.39 is 11.9 Å². The van der Waals surface area contributed by atoms with Crippen molar-refractivity contribution in [2.75, 3.05) is 20.2 Å². The molecule has 0 spiro atoms. The van der Waals surface area contributed by atoms with Gasteiger partial charge in [-0.2, -0.15) is 0 Å². The molecule has 21 heavy (non-hydrogen) atoms. The lowest BCUT2D eigenvalue weighted by Gasteiger charge is -2.29. The molecule has 0 saturated carbocycles. The minimum atomic E-state index is -0.829. The molecule has 0 unspecified atom stereocenters. The van der Waals surface area contributed by atoms with E-state index in [0.717, 1.165) is 17.7 Å². The molecule has 112 valence electrons. The van der Waals surface area contributed by atoms with E-state index in [9.17, 15) is 9.59 Å². The number of amides is 1. The van der Waals surface area contributed by atoms with Crippen LogP contribution < -0.4 is 4.74 Å². The van der Waals surface area contributed by atoms with E-state index >= 15 is 0 Å². The molecule has 1 saturated heterocycles. The number of hydrogen-bond donors (Lipinski definition) is 1. The fourth-order valence-electron chi connectivity index (χ4n) is 2.40.